The summed E-state index contributed by atoms with van der Waals surface area (Å²) in [4.78, 5) is 0.0174. The smallest absolute Gasteiger partial charge is 0.212 e. The van der Waals surface area contributed by atoms with Crippen molar-refractivity contribution >= 4 is 20.0 Å². The third kappa shape index (κ3) is 4.28. The summed E-state index contributed by atoms with van der Waals surface area (Å²) < 4.78 is 65.0. The highest BCUT2D eigenvalue weighted by Gasteiger charge is 2.30. The van der Waals surface area contributed by atoms with Gasteiger partial charge in [-0.1, -0.05) is 6.92 Å². The van der Waals surface area contributed by atoms with Crippen LogP contribution in [0.1, 0.15) is 19.8 Å². The van der Waals surface area contributed by atoms with Gasteiger partial charge in [-0.3, -0.25) is 0 Å². The van der Waals surface area contributed by atoms with E-state index in [0.29, 0.717) is 19.4 Å². The van der Waals surface area contributed by atoms with Crippen molar-refractivity contribution in [3.05, 3.63) is 30.1 Å². The van der Waals surface area contributed by atoms with E-state index in [4.69, 9.17) is 0 Å². The molecule has 6 nitrogen and oxygen atoms in total. The topological polar surface area (TPSA) is 74.8 Å². The first-order valence-corrected chi connectivity index (χ1v) is 10.6. The van der Waals surface area contributed by atoms with E-state index in [0.717, 1.165) is 12.1 Å². The maximum absolute atomic E-state index is 13.0. The lowest BCUT2D eigenvalue weighted by atomic mass is 10.4. The molecule has 1 aromatic carbocycles. The van der Waals surface area contributed by atoms with Gasteiger partial charge in [-0.05, 0) is 37.1 Å². The molecule has 2 rings (SSSR count). The molecule has 0 N–H and O–H groups in total. The Morgan fingerprint density at radius 3 is 2.13 bits per heavy atom. The summed E-state index contributed by atoms with van der Waals surface area (Å²) in [6.07, 6.45) is 0.958. The van der Waals surface area contributed by atoms with E-state index >= 15 is 0 Å². The van der Waals surface area contributed by atoms with E-state index in [-0.39, 0.29) is 30.3 Å². The molecule has 0 amide bonds. The predicted octanol–water partition coefficient (Wildman–Crippen LogP) is 1.26. The molecule has 0 saturated carbocycles. The van der Waals surface area contributed by atoms with Crippen LogP contribution in [0.25, 0.3) is 0 Å². The third-order valence-electron chi connectivity index (χ3n) is 3.72. The van der Waals surface area contributed by atoms with E-state index in [2.05, 4.69) is 0 Å². The Bertz CT molecular complexity index is 733. The summed E-state index contributed by atoms with van der Waals surface area (Å²) in [6.45, 7) is 2.60. The highest BCUT2D eigenvalue weighted by molar-refractivity contribution is 7.89. The first-order chi connectivity index (χ1) is 10.8. The largest absolute Gasteiger partial charge is 0.243 e. The van der Waals surface area contributed by atoms with Crippen molar-refractivity contribution in [2.75, 3.05) is 31.9 Å². The van der Waals surface area contributed by atoms with Crippen LogP contribution >= 0.6 is 0 Å². The van der Waals surface area contributed by atoms with Crippen LogP contribution in [0, 0.1) is 5.82 Å². The normalized spacial score (nSPS) is 18.7. The molecule has 0 spiro atoms. The lowest BCUT2D eigenvalue weighted by Gasteiger charge is -2.21. The maximum atomic E-state index is 13.0. The molecule has 9 heteroatoms. The molecule has 1 fully saturated rings. The highest BCUT2D eigenvalue weighted by Crippen LogP contribution is 2.19. The first-order valence-electron chi connectivity index (χ1n) is 7.51. The van der Waals surface area contributed by atoms with Gasteiger partial charge in [0.1, 0.15) is 5.82 Å². The fraction of sp³-hybridized carbons (Fsp3) is 0.571. The zero-order valence-electron chi connectivity index (χ0n) is 13.0. The van der Waals surface area contributed by atoms with E-state index in [1.54, 1.807) is 6.92 Å². The van der Waals surface area contributed by atoms with Gasteiger partial charge >= 0.3 is 0 Å². The molecule has 0 unspecified atom stereocenters. The molecular weight excluding hydrogens is 343 g/mol. The van der Waals surface area contributed by atoms with Crippen LogP contribution in [-0.2, 0) is 20.0 Å². The lowest BCUT2D eigenvalue weighted by Crippen LogP contribution is -2.38. The second-order valence-corrected chi connectivity index (χ2v) is 9.45. The number of nitrogens with zero attached hydrogens (tertiary/aromatic N) is 2. The summed E-state index contributed by atoms with van der Waals surface area (Å²) in [7, 11) is -7.07. The Kier molecular flexibility index (Phi) is 5.77. The molecule has 0 bridgehead atoms. The van der Waals surface area contributed by atoms with Crippen molar-refractivity contribution < 1.29 is 21.2 Å². The fourth-order valence-corrected chi connectivity index (χ4v) is 5.54. The van der Waals surface area contributed by atoms with Crippen molar-refractivity contribution in [3.63, 3.8) is 0 Å². The van der Waals surface area contributed by atoms with Crippen molar-refractivity contribution in [2.45, 2.75) is 24.7 Å². The molecule has 0 radical (unpaired) electrons. The summed E-state index contributed by atoms with van der Waals surface area (Å²) >= 11 is 0. The molecule has 130 valence electrons. The van der Waals surface area contributed by atoms with Crippen LogP contribution in [0.15, 0.2) is 29.2 Å². The standard InChI is InChI=1S/C14H21FN2O4S2/c1-2-12-22(18,19)16-8-3-9-17(11-10-16)23(20,21)14-6-4-13(15)5-7-14/h4-7H,2-3,8-12H2,1H3. The minimum Gasteiger partial charge on any atom is -0.212 e. The monoisotopic (exact) mass is 364 g/mol. The van der Waals surface area contributed by atoms with E-state index in [1.807, 2.05) is 0 Å². The van der Waals surface area contributed by atoms with Crippen molar-refractivity contribution in [1.29, 1.82) is 0 Å². The summed E-state index contributed by atoms with van der Waals surface area (Å²) in [5, 5.41) is 0. The Labute approximate surface area is 137 Å². The van der Waals surface area contributed by atoms with Crippen molar-refractivity contribution in [3.8, 4) is 0 Å². The van der Waals surface area contributed by atoms with Gasteiger partial charge < -0.3 is 0 Å². The zero-order valence-corrected chi connectivity index (χ0v) is 14.6. The minimum absolute atomic E-state index is 0.0174. The summed E-state index contributed by atoms with van der Waals surface area (Å²) in [5.74, 6) is -0.436. The van der Waals surface area contributed by atoms with Gasteiger partial charge in [0.15, 0.2) is 0 Å². The van der Waals surface area contributed by atoms with Gasteiger partial charge in [-0.2, -0.15) is 4.31 Å². The van der Waals surface area contributed by atoms with E-state index in [9.17, 15) is 21.2 Å². The molecule has 0 aromatic heterocycles. The van der Waals surface area contributed by atoms with E-state index in [1.165, 1.54) is 20.7 Å². The molecule has 1 aliphatic rings. The quantitative estimate of drug-likeness (QED) is 0.788. The van der Waals surface area contributed by atoms with Gasteiger partial charge in [0, 0.05) is 26.2 Å². The average molecular weight is 364 g/mol. The van der Waals surface area contributed by atoms with Crippen LogP contribution < -0.4 is 0 Å². The molecule has 1 aromatic rings. The number of hydrogen-bond donors (Lipinski definition) is 0. The van der Waals surface area contributed by atoms with E-state index < -0.39 is 25.9 Å². The lowest BCUT2D eigenvalue weighted by molar-refractivity contribution is 0.404. The Morgan fingerprint density at radius 1 is 0.957 bits per heavy atom. The second kappa shape index (κ2) is 7.25. The molecule has 1 saturated heterocycles. The SMILES string of the molecule is CCCS(=O)(=O)N1CCCN(S(=O)(=O)c2ccc(F)cc2)CC1. The number of halogens is 1. The second-order valence-electron chi connectivity index (χ2n) is 5.43. The summed E-state index contributed by atoms with van der Waals surface area (Å²) in [6, 6.07) is 4.65. The van der Waals surface area contributed by atoms with Crippen LogP contribution in [0.3, 0.4) is 0 Å². The van der Waals surface area contributed by atoms with Gasteiger partial charge in [0.2, 0.25) is 20.0 Å². The number of benzene rings is 1. The van der Waals surface area contributed by atoms with Crippen LogP contribution in [0.5, 0.6) is 0 Å². The van der Waals surface area contributed by atoms with Gasteiger partial charge in [0.05, 0.1) is 10.6 Å². The zero-order chi connectivity index (χ0) is 17.1. The van der Waals surface area contributed by atoms with Gasteiger partial charge in [0.25, 0.3) is 0 Å². The molecule has 0 atom stereocenters. The predicted molar refractivity (Wildman–Crippen MR) is 85.4 cm³/mol. The number of sulfonamides is 2. The van der Waals surface area contributed by atoms with Crippen LogP contribution in [0.4, 0.5) is 4.39 Å². The van der Waals surface area contributed by atoms with Gasteiger partial charge in [-0.15, -0.1) is 0 Å². The Hall–Kier alpha value is -1.03. The minimum atomic E-state index is -3.74. The van der Waals surface area contributed by atoms with Crippen LogP contribution in [0.2, 0.25) is 0 Å². The number of hydrogen-bond acceptors (Lipinski definition) is 4. The molecule has 1 heterocycles. The Balaban J connectivity index is 2.15. The van der Waals surface area contributed by atoms with Crippen LogP contribution in [-0.4, -0.2) is 57.4 Å². The number of rotatable bonds is 5. The average Bonchev–Trinajstić information content (AvgIpc) is 2.74. The maximum Gasteiger partial charge on any atom is 0.243 e. The molecule has 1 aliphatic heterocycles. The van der Waals surface area contributed by atoms with Crippen molar-refractivity contribution in [2.24, 2.45) is 0 Å². The Morgan fingerprint density at radius 2 is 1.52 bits per heavy atom. The fourth-order valence-electron chi connectivity index (χ4n) is 2.53. The van der Waals surface area contributed by atoms with Crippen molar-refractivity contribution in [1.82, 2.24) is 8.61 Å². The first kappa shape index (κ1) is 18.3. The molecule has 23 heavy (non-hydrogen) atoms. The molecular formula is C14H21FN2O4S2. The molecule has 0 aliphatic carbocycles. The summed E-state index contributed by atoms with van der Waals surface area (Å²) in [5.41, 5.74) is 0. The van der Waals surface area contributed by atoms with Gasteiger partial charge in [-0.25, -0.2) is 25.5 Å². The highest BCUT2D eigenvalue weighted by atomic mass is 32.2. The third-order valence-corrected chi connectivity index (χ3v) is 7.71.